The molecule has 2 aromatic heterocycles. The van der Waals surface area contributed by atoms with Crippen molar-refractivity contribution < 1.29 is 0 Å². The fourth-order valence-electron chi connectivity index (χ4n) is 2.70. The van der Waals surface area contributed by atoms with Gasteiger partial charge in [-0.1, -0.05) is 19.3 Å². The van der Waals surface area contributed by atoms with E-state index in [2.05, 4.69) is 19.7 Å². The summed E-state index contributed by atoms with van der Waals surface area (Å²) in [5.74, 6) is 1.60. The molecule has 2 heterocycles. The highest BCUT2D eigenvalue weighted by atomic mass is 15.3. The van der Waals surface area contributed by atoms with Crippen LogP contribution in [-0.2, 0) is 6.54 Å². The van der Waals surface area contributed by atoms with Gasteiger partial charge in [0.1, 0.15) is 5.82 Å². The Labute approximate surface area is 101 Å². The van der Waals surface area contributed by atoms with Gasteiger partial charge in [-0.15, -0.1) is 0 Å². The van der Waals surface area contributed by atoms with Crippen LogP contribution in [0.2, 0.25) is 0 Å². The minimum Gasteiger partial charge on any atom is -0.247 e. The fraction of sp³-hybridized carbons (Fsp3) is 0.615. The third-order valence-electron chi connectivity index (χ3n) is 3.65. The van der Waals surface area contributed by atoms with E-state index in [1.165, 1.54) is 32.1 Å². The number of aromatic nitrogens is 4. The monoisotopic (exact) mass is 230 g/mol. The van der Waals surface area contributed by atoms with E-state index in [1.807, 2.05) is 19.3 Å². The van der Waals surface area contributed by atoms with Gasteiger partial charge < -0.3 is 0 Å². The summed E-state index contributed by atoms with van der Waals surface area (Å²) in [6.07, 6.45) is 10.6. The van der Waals surface area contributed by atoms with Crippen LogP contribution in [0.15, 0.2) is 12.4 Å². The fourth-order valence-corrected chi connectivity index (χ4v) is 2.70. The summed E-state index contributed by atoms with van der Waals surface area (Å²) in [6.45, 7) is 2.94. The topological polar surface area (TPSA) is 43.6 Å². The quantitative estimate of drug-likeness (QED) is 0.796. The van der Waals surface area contributed by atoms with Crippen LogP contribution in [0.4, 0.5) is 0 Å². The number of hydrogen-bond donors (Lipinski definition) is 0. The standard InChI is InChI=1S/C13H18N4/c1-10-14-7-12-8-15-17(13(12)16-10)9-11-5-3-2-4-6-11/h7-8,11H,2-6,9H2,1H3. The minimum absolute atomic E-state index is 0.780. The van der Waals surface area contributed by atoms with Crippen molar-refractivity contribution in [1.29, 1.82) is 0 Å². The summed E-state index contributed by atoms with van der Waals surface area (Å²) < 4.78 is 2.06. The van der Waals surface area contributed by atoms with E-state index in [-0.39, 0.29) is 0 Å². The molecule has 0 aliphatic heterocycles. The summed E-state index contributed by atoms with van der Waals surface area (Å²) in [5.41, 5.74) is 0.989. The smallest absolute Gasteiger partial charge is 0.161 e. The molecule has 0 radical (unpaired) electrons. The molecule has 0 aromatic carbocycles. The first-order valence-corrected chi connectivity index (χ1v) is 6.48. The molecule has 4 heteroatoms. The maximum atomic E-state index is 4.49. The highest BCUT2D eigenvalue weighted by molar-refractivity contribution is 5.73. The van der Waals surface area contributed by atoms with Crippen molar-refractivity contribution in [2.24, 2.45) is 5.92 Å². The van der Waals surface area contributed by atoms with Crippen molar-refractivity contribution in [2.45, 2.75) is 45.6 Å². The zero-order valence-corrected chi connectivity index (χ0v) is 10.3. The third-order valence-corrected chi connectivity index (χ3v) is 3.65. The van der Waals surface area contributed by atoms with Crippen molar-refractivity contribution >= 4 is 11.0 Å². The summed E-state index contributed by atoms with van der Waals surface area (Å²) >= 11 is 0. The van der Waals surface area contributed by atoms with Gasteiger partial charge in [0.2, 0.25) is 0 Å². The molecule has 0 unspecified atom stereocenters. The second kappa shape index (κ2) is 4.43. The molecule has 2 aromatic rings. The minimum atomic E-state index is 0.780. The van der Waals surface area contributed by atoms with E-state index in [0.29, 0.717) is 0 Å². The maximum Gasteiger partial charge on any atom is 0.161 e. The lowest BCUT2D eigenvalue weighted by atomic mass is 9.89. The lowest BCUT2D eigenvalue weighted by Gasteiger charge is -2.21. The highest BCUT2D eigenvalue weighted by Gasteiger charge is 2.15. The van der Waals surface area contributed by atoms with Gasteiger partial charge in [-0.3, -0.25) is 0 Å². The van der Waals surface area contributed by atoms with Crippen LogP contribution < -0.4 is 0 Å². The van der Waals surface area contributed by atoms with Gasteiger partial charge in [-0.05, 0) is 25.7 Å². The largest absolute Gasteiger partial charge is 0.247 e. The summed E-state index contributed by atoms with van der Waals surface area (Å²) in [6, 6.07) is 0. The van der Waals surface area contributed by atoms with Gasteiger partial charge in [0.05, 0.1) is 11.6 Å². The van der Waals surface area contributed by atoms with Gasteiger partial charge in [-0.25, -0.2) is 14.6 Å². The molecule has 4 nitrogen and oxygen atoms in total. The maximum absolute atomic E-state index is 4.49. The van der Waals surface area contributed by atoms with Crippen LogP contribution >= 0.6 is 0 Å². The van der Waals surface area contributed by atoms with Crippen LogP contribution in [-0.4, -0.2) is 19.7 Å². The van der Waals surface area contributed by atoms with Crippen molar-refractivity contribution in [3.05, 3.63) is 18.2 Å². The van der Waals surface area contributed by atoms with E-state index in [4.69, 9.17) is 0 Å². The Balaban J connectivity index is 1.86. The first kappa shape index (κ1) is 10.7. The number of aryl methyl sites for hydroxylation is 1. The SMILES string of the molecule is Cc1ncc2cnn(CC3CCCCC3)c2n1. The first-order chi connectivity index (χ1) is 8.33. The number of nitrogens with zero attached hydrogens (tertiary/aromatic N) is 4. The van der Waals surface area contributed by atoms with E-state index in [0.717, 1.165) is 29.3 Å². The third kappa shape index (κ3) is 2.16. The van der Waals surface area contributed by atoms with Crippen LogP contribution in [0.25, 0.3) is 11.0 Å². The lowest BCUT2D eigenvalue weighted by Crippen LogP contribution is -2.15. The molecule has 0 saturated heterocycles. The molecule has 0 N–H and O–H groups in total. The van der Waals surface area contributed by atoms with Gasteiger partial charge in [0, 0.05) is 12.7 Å². The second-order valence-electron chi connectivity index (χ2n) is 5.03. The normalized spacial score (nSPS) is 17.7. The number of hydrogen-bond acceptors (Lipinski definition) is 3. The average molecular weight is 230 g/mol. The molecule has 0 atom stereocenters. The van der Waals surface area contributed by atoms with Gasteiger partial charge in [-0.2, -0.15) is 5.10 Å². The van der Waals surface area contributed by atoms with Crippen LogP contribution in [0.3, 0.4) is 0 Å². The molecule has 0 spiro atoms. The lowest BCUT2D eigenvalue weighted by molar-refractivity contribution is 0.311. The van der Waals surface area contributed by atoms with Crippen molar-refractivity contribution in [1.82, 2.24) is 19.7 Å². The van der Waals surface area contributed by atoms with E-state index in [1.54, 1.807) is 0 Å². The zero-order chi connectivity index (χ0) is 11.7. The number of fused-ring (bicyclic) bond motifs is 1. The van der Waals surface area contributed by atoms with E-state index in [9.17, 15) is 0 Å². The summed E-state index contributed by atoms with van der Waals surface area (Å²) in [5, 5.41) is 5.49. The van der Waals surface area contributed by atoms with Crippen molar-refractivity contribution in [3.63, 3.8) is 0 Å². The average Bonchev–Trinajstić information content (AvgIpc) is 2.73. The Kier molecular flexibility index (Phi) is 2.79. The Morgan fingerprint density at radius 3 is 2.88 bits per heavy atom. The Hall–Kier alpha value is -1.45. The van der Waals surface area contributed by atoms with Crippen molar-refractivity contribution in [3.8, 4) is 0 Å². The zero-order valence-electron chi connectivity index (χ0n) is 10.3. The van der Waals surface area contributed by atoms with Gasteiger partial charge in [0.25, 0.3) is 0 Å². The molecule has 1 aliphatic carbocycles. The molecule has 1 fully saturated rings. The van der Waals surface area contributed by atoms with Gasteiger partial charge >= 0.3 is 0 Å². The summed E-state index contributed by atoms with van der Waals surface area (Å²) in [7, 11) is 0. The molecule has 3 rings (SSSR count). The van der Waals surface area contributed by atoms with Crippen LogP contribution in [0.5, 0.6) is 0 Å². The highest BCUT2D eigenvalue weighted by Crippen LogP contribution is 2.25. The molecule has 17 heavy (non-hydrogen) atoms. The van der Waals surface area contributed by atoms with Gasteiger partial charge in [0.15, 0.2) is 5.65 Å². The molecule has 0 amide bonds. The molecular formula is C13H18N4. The summed E-state index contributed by atoms with van der Waals surface area (Å²) in [4.78, 5) is 8.69. The Morgan fingerprint density at radius 2 is 2.06 bits per heavy atom. The Bertz CT molecular complexity index is 511. The molecule has 0 bridgehead atoms. The predicted octanol–water partition coefficient (Wildman–Crippen LogP) is 2.72. The van der Waals surface area contributed by atoms with E-state index < -0.39 is 0 Å². The predicted molar refractivity (Wildman–Crippen MR) is 66.6 cm³/mol. The first-order valence-electron chi connectivity index (χ1n) is 6.48. The van der Waals surface area contributed by atoms with E-state index >= 15 is 0 Å². The van der Waals surface area contributed by atoms with Crippen LogP contribution in [0.1, 0.15) is 37.9 Å². The number of rotatable bonds is 2. The molecule has 1 aliphatic rings. The molecule has 90 valence electrons. The second-order valence-corrected chi connectivity index (χ2v) is 5.03. The molecule has 1 saturated carbocycles. The Morgan fingerprint density at radius 1 is 1.24 bits per heavy atom. The van der Waals surface area contributed by atoms with Crippen LogP contribution in [0, 0.1) is 12.8 Å². The molecular weight excluding hydrogens is 212 g/mol. The van der Waals surface area contributed by atoms with Crippen molar-refractivity contribution in [2.75, 3.05) is 0 Å².